The van der Waals surface area contributed by atoms with Gasteiger partial charge in [0.05, 0.1) is 7.11 Å². The molecule has 0 saturated carbocycles. The van der Waals surface area contributed by atoms with Crippen LogP contribution in [0.5, 0.6) is 0 Å². The smallest absolute Gasteiger partial charge is 0.338 e. The van der Waals surface area contributed by atoms with Gasteiger partial charge in [0, 0.05) is 0 Å². The average molecular weight is 278 g/mol. The summed E-state index contributed by atoms with van der Waals surface area (Å²) in [5.41, 5.74) is 2.06. The lowest BCUT2D eigenvalue weighted by Crippen LogP contribution is -2.32. The Morgan fingerprint density at radius 1 is 1.25 bits per heavy atom. The molecule has 1 heterocycles. The van der Waals surface area contributed by atoms with E-state index in [9.17, 15) is 4.79 Å². The number of methoxy groups -OCH3 is 1. The minimum Gasteiger partial charge on any atom is -0.467 e. The van der Waals surface area contributed by atoms with Gasteiger partial charge in [0.1, 0.15) is 6.10 Å². The van der Waals surface area contributed by atoms with Crippen molar-refractivity contribution in [1.82, 2.24) is 0 Å². The van der Waals surface area contributed by atoms with Crippen LogP contribution < -0.4 is 0 Å². The van der Waals surface area contributed by atoms with E-state index >= 15 is 0 Å². The van der Waals surface area contributed by atoms with Crippen LogP contribution in [-0.2, 0) is 19.0 Å². The normalized spacial score (nSPS) is 24.6. The number of hydrogen-bond donors (Lipinski definition) is 0. The lowest BCUT2D eigenvalue weighted by atomic mass is 9.99. The first-order chi connectivity index (χ1) is 9.56. The molecule has 1 saturated heterocycles. The fraction of sp³-hybridized carbons (Fsp3) is 0.562. The van der Waals surface area contributed by atoms with Crippen LogP contribution in [0, 0.1) is 6.92 Å². The van der Waals surface area contributed by atoms with Crippen molar-refractivity contribution in [3.63, 3.8) is 0 Å². The summed E-state index contributed by atoms with van der Waals surface area (Å²) in [4.78, 5) is 12.0. The van der Waals surface area contributed by atoms with Gasteiger partial charge >= 0.3 is 5.97 Å². The lowest BCUT2D eigenvalue weighted by Gasteiger charge is -2.25. The van der Waals surface area contributed by atoms with E-state index in [0.29, 0.717) is 12.8 Å². The monoisotopic (exact) mass is 278 g/mol. The van der Waals surface area contributed by atoms with E-state index in [0.717, 1.165) is 11.1 Å². The van der Waals surface area contributed by atoms with Crippen LogP contribution in [0.2, 0.25) is 0 Å². The molecule has 0 radical (unpaired) electrons. The van der Waals surface area contributed by atoms with E-state index in [4.69, 9.17) is 14.2 Å². The van der Waals surface area contributed by atoms with Crippen LogP contribution in [0.15, 0.2) is 24.3 Å². The van der Waals surface area contributed by atoms with Gasteiger partial charge in [-0.25, -0.2) is 4.79 Å². The van der Waals surface area contributed by atoms with Crippen molar-refractivity contribution in [3.8, 4) is 0 Å². The third-order valence-corrected chi connectivity index (χ3v) is 3.96. The Kier molecular flexibility index (Phi) is 4.45. The molecule has 20 heavy (non-hydrogen) atoms. The van der Waals surface area contributed by atoms with Gasteiger partial charge < -0.3 is 14.2 Å². The van der Waals surface area contributed by atoms with Crippen LogP contribution in [0.25, 0.3) is 0 Å². The molecule has 4 nitrogen and oxygen atoms in total. The minimum absolute atomic E-state index is 0.387. The SMILES string of the molecule is CCC1(CC)OC(C(=O)OC)C(c2ccccc2C)O1. The molecule has 1 aliphatic heterocycles. The third kappa shape index (κ3) is 2.58. The van der Waals surface area contributed by atoms with Gasteiger partial charge in [-0.05, 0) is 30.9 Å². The number of aryl methyl sites for hydroxylation is 1. The van der Waals surface area contributed by atoms with Gasteiger partial charge in [-0.2, -0.15) is 0 Å². The number of carbonyl (C=O) groups excluding carboxylic acids is 1. The summed E-state index contributed by atoms with van der Waals surface area (Å²) in [6.07, 6.45) is 0.267. The molecule has 0 N–H and O–H groups in total. The number of benzene rings is 1. The van der Waals surface area contributed by atoms with Crippen LogP contribution >= 0.6 is 0 Å². The molecule has 0 aliphatic carbocycles. The van der Waals surface area contributed by atoms with E-state index in [1.165, 1.54) is 7.11 Å². The summed E-state index contributed by atoms with van der Waals surface area (Å²) in [5, 5.41) is 0. The topological polar surface area (TPSA) is 44.8 Å². The van der Waals surface area contributed by atoms with E-state index in [-0.39, 0.29) is 5.97 Å². The largest absolute Gasteiger partial charge is 0.467 e. The van der Waals surface area contributed by atoms with Gasteiger partial charge in [-0.15, -0.1) is 0 Å². The first-order valence-electron chi connectivity index (χ1n) is 7.06. The summed E-state index contributed by atoms with van der Waals surface area (Å²) in [6.45, 7) is 6.00. The third-order valence-electron chi connectivity index (χ3n) is 3.96. The number of ether oxygens (including phenoxy) is 3. The van der Waals surface area contributed by atoms with Crippen molar-refractivity contribution in [2.24, 2.45) is 0 Å². The second-order valence-corrected chi connectivity index (χ2v) is 5.07. The second-order valence-electron chi connectivity index (χ2n) is 5.07. The molecule has 1 aliphatic rings. The molecular weight excluding hydrogens is 256 g/mol. The molecule has 0 amide bonds. The minimum atomic E-state index is -0.707. The zero-order valence-corrected chi connectivity index (χ0v) is 12.5. The molecule has 2 rings (SSSR count). The van der Waals surface area contributed by atoms with Crippen LogP contribution in [0.3, 0.4) is 0 Å². The highest BCUT2D eigenvalue weighted by molar-refractivity contribution is 5.76. The number of esters is 1. The molecular formula is C16H22O4. The lowest BCUT2D eigenvalue weighted by molar-refractivity contribution is -0.187. The molecule has 110 valence electrons. The Morgan fingerprint density at radius 3 is 2.45 bits per heavy atom. The van der Waals surface area contributed by atoms with Crippen LogP contribution in [0.1, 0.15) is 43.9 Å². The predicted octanol–water partition coefficient (Wildman–Crippen LogP) is 3.14. The molecule has 2 atom stereocenters. The van der Waals surface area contributed by atoms with E-state index in [2.05, 4.69) is 0 Å². The molecule has 0 bridgehead atoms. The summed E-state index contributed by atoms with van der Waals surface area (Å²) in [6, 6.07) is 7.89. The highest BCUT2D eigenvalue weighted by Gasteiger charge is 2.50. The fourth-order valence-electron chi connectivity index (χ4n) is 2.62. The summed E-state index contributed by atoms with van der Waals surface area (Å²) >= 11 is 0. The Hall–Kier alpha value is -1.39. The predicted molar refractivity (Wildman–Crippen MR) is 75.2 cm³/mol. The van der Waals surface area contributed by atoms with Crippen molar-refractivity contribution in [3.05, 3.63) is 35.4 Å². The highest BCUT2D eigenvalue weighted by Crippen LogP contribution is 2.43. The fourth-order valence-corrected chi connectivity index (χ4v) is 2.62. The maximum atomic E-state index is 12.0. The molecule has 0 spiro atoms. The summed E-state index contributed by atoms with van der Waals surface area (Å²) in [5.74, 6) is -1.09. The standard InChI is InChI=1S/C16H22O4/c1-5-16(6-2)19-13(14(20-16)15(17)18-4)12-10-8-7-9-11(12)3/h7-10,13-14H,5-6H2,1-4H3. The van der Waals surface area contributed by atoms with Gasteiger partial charge in [-0.3, -0.25) is 0 Å². The molecule has 2 unspecified atom stereocenters. The molecule has 1 aromatic rings. The van der Waals surface area contributed by atoms with Gasteiger partial charge in [0.2, 0.25) is 0 Å². The Morgan fingerprint density at radius 2 is 1.90 bits per heavy atom. The number of hydrogen-bond acceptors (Lipinski definition) is 4. The summed E-state index contributed by atoms with van der Waals surface area (Å²) in [7, 11) is 1.37. The van der Waals surface area contributed by atoms with Gasteiger partial charge in [0.15, 0.2) is 11.9 Å². The van der Waals surface area contributed by atoms with Gasteiger partial charge in [-0.1, -0.05) is 38.1 Å². The van der Waals surface area contributed by atoms with E-state index in [1.807, 2.05) is 45.0 Å². The second kappa shape index (κ2) is 5.94. The van der Waals surface area contributed by atoms with Crippen LogP contribution in [0.4, 0.5) is 0 Å². The Labute approximate surface area is 120 Å². The molecule has 4 heteroatoms. The Balaban J connectivity index is 2.38. The van der Waals surface area contributed by atoms with Crippen molar-refractivity contribution >= 4 is 5.97 Å². The highest BCUT2D eigenvalue weighted by atomic mass is 16.8. The van der Waals surface area contributed by atoms with Gasteiger partial charge in [0.25, 0.3) is 0 Å². The molecule has 0 aromatic heterocycles. The first-order valence-corrected chi connectivity index (χ1v) is 7.06. The maximum Gasteiger partial charge on any atom is 0.338 e. The van der Waals surface area contributed by atoms with Crippen molar-refractivity contribution in [2.45, 2.75) is 51.6 Å². The van der Waals surface area contributed by atoms with Crippen LogP contribution in [-0.4, -0.2) is 25.0 Å². The van der Waals surface area contributed by atoms with Crippen molar-refractivity contribution in [2.75, 3.05) is 7.11 Å². The van der Waals surface area contributed by atoms with E-state index in [1.54, 1.807) is 0 Å². The number of carbonyl (C=O) groups is 1. The maximum absolute atomic E-state index is 12.0. The quantitative estimate of drug-likeness (QED) is 0.794. The molecule has 1 aromatic carbocycles. The average Bonchev–Trinajstić information content (AvgIpc) is 2.87. The molecule has 1 fully saturated rings. The zero-order chi connectivity index (χ0) is 14.8. The number of rotatable bonds is 4. The van der Waals surface area contributed by atoms with Crippen molar-refractivity contribution < 1.29 is 19.0 Å². The first kappa shape index (κ1) is 15.0. The van der Waals surface area contributed by atoms with Crippen molar-refractivity contribution in [1.29, 1.82) is 0 Å². The Bertz CT molecular complexity index is 479. The zero-order valence-electron chi connectivity index (χ0n) is 12.5. The summed E-state index contributed by atoms with van der Waals surface area (Å²) < 4.78 is 16.9. The van der Waals surface area contributed by atoms with E-state index < -0.39 is 18.0 Å².